The Kier molecular flexibility index (Phi) is 1.99. The number of rotatable bonds is 0. The molecular weight excluding hydrogens is 232 g/mol. The van der Waals surface area contributed by atoms with Crippen molar-refractivity contribution in [1.82, 2.24) is 9.97 Å². The van der Waals surface area contributed by atoms with Crippen LogP contribution in [0.15, 0.2) is 42.7 Å². The van der Waals surface area contributed by atoms with Gasteiger partial charge in [-0.05, 0) is 42.5 Å². The average Bonchev–Trinajstić information content (AvgIpc) is 2.84. The summed E-state index contributed by atoms with van der Waals surface area (Å²) < 4.78 is 0. The first kappa shape index (κ1) is 10.6. The van der Waals surface area contributed by atoms with Gasteiger partial charge in [0.2, 0.25) is 0 Å². The summed E-state index contributed by atoms with van der Waals surface area (Å²) in [4.78, 5) is 7.81. The number of hydrogen-bond acceptors (Lipinski definition) is 1. The number of aryl methyl sites for hydroxylation is 2. The molecule has 4 aromatic rings. The van der Waals surface area contributed by atoms with Crippen LogP contribution in [0.3, 0.4) is 0 Å². The summed E-state index contributed by atoms with van der Waals surface area (Å²) in [5.41, 5.74) is 5.04. The lowest BCUT2D eigenvalue weighted by atomic mass is 9.97. The molecule has 19 heavy (non-hydrogen) atoms. The number of nitrogens with one attached hydrogen (secondary N) is 1. The highest BCUT2D eigenvalue weighted by Crippen LogP contribution is 2.35. The van der Waals surface area contributed by atoms with E-state index in [1.165, 1.54) is 43.7 Å². The Balaban J connectivity index is 2.39. The van der Waals surface area contributed by atoms with Crippen LogP contribution in [0.5, 0.6) is 0 Å². The molecule has 4 rings (SSSR count). The van der Waals surface area contributed by atoms with Crippen LogP contribution in [-0.2, 0) is 0 Å². The van der Waals surface area contributed by atoms with Crippen LogP contribution in [0.2, 0.25) is 0 Å². The molecule has 0 radical (unpaired) electrons. The lowest BCUT2D eigenvalue weighted by molar-refractivity contribution is 1.35. The third-order valence-electron chi connectivity index (χ3n) is 4.09. The first-order chi connectivity index (χ1) is 9.27. The van der Waals surface area contributed by atoms with Crippen molar-refractivity contribution in [2.45, 2.75) is 13.8 Å². The predicted octanol–water partition coefficient (Wildman–Crippen LogP) is 4.49. The van der Waals surface area contributed by atoms with Gasteiger partial charge in [0.25, 0.3) is 0 Å². The molecule has 0 bridgehead atoms. The Morgan fingerprint density at radius 1 is 0.895 bits per heavy atom. The average molecular weight is 246 g/mol. The third-order valence-corrected chi connectivity index (χ3v) is 4.09. The Labute approximate surface area is 111 Å². The highest BCUT2D eigenvalue weighted by molar-refractivity contribution is 6.16. The van der Waals surface area contributed by atoms with Crippen molar-refractivity contribution in [2.24, 2.45) is 0 Å². The summed E-state index contributed by atoms with van der Waals surface area (Å²) in [5.74, 6) is 0. The second-order valence-corrected chi connectivity index (χ2v) is 5.09. The predicted molar refractivity (Wildman–Crippen MR) is 80.6 cm³/mol. The molecule has 0 aliphatic heterocycles. The molecule has 2 heteroatoms. The van der Waals surface area contributed by atoms with Crippen LogP contribution in [-0.4, -0.2) is 9.97 Å². The van der Waals surface area contributed by atoms with E-state index < -0.39 is 0 Å². The monoisotopic (exact) mass is 246 g/mol. The molecule has 0 spiro atoms. The fraction of sp³-hybridized carbons (Fsp3) is 0.118. The number of H-pyrrole nitrogens is 1. The molecule has 92 valence electrons. The molecule has 0 aliphatic rings. The van der Waals surface area contributed by atoms with Crippen LogP contribution in [0.1, 0.15) is 11.1 Å². The number of para-hydroxylation sites is 1. The van der Waals surface area contributed by atoms with Gasteiger partial charge in [0.15, 0.2) is 0 Å². The zero-order valence-corrected chi connectivity index (χ0v) is 11.0. The molecule has 0 atom stereocenters. The maximum Gasteiger partial charge on any atom is 0.0504 e. The minimum absolute atomic E-state index is 1.20. The normalized spacial score (nSPS) is 11.7. The number of aromatic amines is 1. The fourth-order valence-corrected chi connectivity index (χ4v) is 3.10. The number of hydrogen-bond donors (Lipinski definition) is 1. The van der Waals surface area contributed by atoms with Crippen molar-refractivity contribution < 1.29 is 0 Å². The topological polar surface area (TPSA) is 28.7 Å². The van der Waals surface area contributed by atoms with Crippen molar-refractivity contribution in [1.29, 1.82) is 0 Å². The van der Waals surface area contributed by atoms with E-state index in [0.717, 1.165) is 0 Å². The molecule has 2 nitrogen and oxygen atoms in total. The number of nitrogens with zero attached hydrogens (tertiary/aromatic N) is 1. The minimum Gasteiger partial charge on any atom is -0.354 e. The number of fused-ring (bicyclic) bond motifs is 4. The van der Waals surface area contributed by atoms with Gasteiger partial charge >= 0.3 is 0 Å². The lowest BCUT2D eigenvalue weighted by Gasteiger charge is -2.08. The summed E-state index contributed by atoms with van der Waals surface area (Å²) in [5, 5.41) is 5.17. The molecule has 0 fully saturated rings. The largest absolute Gasteiger partial charge is 0.354 e. The van der Waals surface area contributed by atoms with E-state index in [-0.39, 0.29) is 0 Å². The van der Waals surface area contributed by atoms with Gasteiger partial charge in [-0.3, -0.25) is 4.98 Å². The molecule has 0 aliphatic carbocycles. The summed E-state index contributed by atoms with van der Waals surface area (Å²) >= 11 is 0. The maximum atomic E-state index is 4.26. The highest BCUT2D eigenvalue weighted by atomic mass is 14.7. The Morgan fingerprint density at radius 3 is 2.63 bits per heavy atom. The summed E-state index contributed by atoms with van der Waals surface area (Å²) in [6, 6.07) is 10.6. The molecule has 2 aromatic carbocycles. The van der Waals surface area contributed by atoms with Gasteiger partial charge in [0.05, 0.1) is 5.52 Å². The molecule has 0 amide bonds. The third kappa shape index (κ3) is 1.28. The van der Waals surface area contributed by atoms with Crippen LogP contribution < -0.4 is 0 Å². The Hall–Kier alpha value is -2.35. The van der Waals surface area contributed by atoms with E-state index >= 15 is 0 Å². The SMILES string of the molecule is Cc1c2cnccc2c(C)c2c1[nH]c1ccccc12. The molecule has 2 heterocycles. The Morgan fingerprint density at radius 2 is 1.74 bits per heavy atom. The van der Waals surface area contributed by atoms with Crippen molar-refractivity contribution in [3.8, 4) is 0 Å². The van der Waals surface area contributed by atoms with Crippen LogP contribution >= 0.6 is 0 Å². The quantitative estimate of drug-likeness (QED) is 0.486. The van der Waals surface area contributed by atoms with Crippen LogP contribution in [0.4, 0.5) is 0 Å². The Bertz CT molecular complexity index is 932. The van der Waals surface area contributed by atoms with Crippen molar-refractivity contribution in [3.05, 3.63) is 53.9 Å². The highest BCUT2D eigenvalue weighted by Gasteiger charge is 2.13. The standard InChI is InChI=1S/C17H14N2/c1-10-12-7-8-18-9-14(12)11(2)17-16(10)13-5-3-4-6-15(13)19-17/h3-9,19H,1-2H3. The molecular formula is C17H14N2. The smallest absolute Gasteiger partial charge is 0.0504 e. The summed E-state index contributed by atoms with van der Waals surface area (Å²) in [6.07, 6.45) is 3.83. The van der Waals surface area contributed by atoms with Gasteiger partial charge in [-0.1, -0.05) is 18.2 Å². The van der Waals surface area contributed by atoms with E-state index in [2.05, 4.69) is 54.1 Å². The molecule has 2 aromatic heterocycles. The van der Waals surface area contributed by atoms with Gasteiger partial charge in [0, 0.05) is 34.1 Å². The van der Waals surface area contributed by atoms with E-state index in [1.807, 2.05) is 12.4 Å². The van der Waals surface area contributed by atoms with Gasteiger partial charge in [0.1, 0.15) is 0 Å². The molecule has 1 N–H and O–H groups in total. The van der Waals surface area contributed by atoms with Gasteiger partial charge in [-0.2, -0.15) is 0 Å². The van der Waals surface area contributed by atoms with E-state index in [4.69, 9.17) is 0 Å². The molecule has 0 saturated heterocycles. The van der Waals surface area contributed by atoms with Crippen LogP contribution in [0.25, 0.3) is 32.6 Å². The maximum absolute atomic E-state index is 4.26. The van der Waals surface area contributed by atoms with E-state index in [1.54, 1.807) is 0 Å². The molecule has 0 unspecified atom stereocenters. The van der Waals surface area contributed by atoms with Gasteiger partial charge in [-0.25, -0.2) is 0 Å². The second-order valence-electron chi connectivity index (χ2n) is 5.09. The summed E-state index contributed by atoms with van der Waals surface area (Å²) in [6.45, 7) is 4.37. The summed E-state index contributed by atoms with van der Waals surface area (Å²) in [7, 11) is 0. The van der Waals surface area contributed by atoms with Crippen LogP contribution in [0, 0.1) is 13.8 Å². The van der Waals surface area contributed by atoms with Gasteiger partial charge in [-0.15, -0.1) is 0 Å². The number of aromatic nitrogens is 2. The number of pyridine rings is 1. The number of benzene rings is 2. The lowest BCUT2D eigenvalue weighted by Crippen LogP contribution is -1.87. The fourth-order valence-electron chi connectivity index (χ4n) is 3.10. The first-order valence-corrected chi connectivity index (χ1v) is 6.50. The minimum atomic E-state index is 1.20. The molecule has 0 saturated carbocycles. The van der Waals surface area contributed by atoms with Crippen molar-refractivity contribution >= 4 is 32.6 Å². The van der Waals surface area contributed by atoms with Crippen molar-refractivity contribution in [2.75, 3.05) is 0 Å². The van der Waals surface area contributed by atoms with E-state index in [9.17, 15) is 0 Å². The van der Waals surface area contributed by atoms with Crippen molar-refractivity contribution in [3.63, 3.8) is 0 Å². The van der Waals surface area contributed by atoms with E-state index in [0.29, 0.717) is 0 Å². The zero-order valence-electron chi connectivity index (χ0n) is 11.0. The van der Waals surface area contributed by atoms with Gasteiger partial charge < -0.3 is 4.98 Å². The zero-order chi connectivity index (χ0) is 13.0. The first-order valence-electron chi connectivity index (χ1n) is 6.50. The second kappa shape index (κ2) is 3.58.